The van der Waals surface area contributed by atoms with Gasteiger partial charge in [0.25, 0.3) is 0 Å². The van der Waals surface area contributed by atoms with Gasteiger partial charge in [0.2, 0.25) is 5.82 Å². The SMILES string of the molecule is CCc1cc2c([NH+]3CC[NH+](C)CC3)ncnc2s1.[Cl-].[Cl-]. The minimum absolute atomic E-state index is 0. The first kappa shape index (κ1) is 17.6. The number of hydrogen-bond donors (Lipinski definition) is 2. The molecule has 0 amide bonds. The van der Waals surface area contributed by atoms with Crippen molar-refractivity contribution in [3.8, 4) is 0 Å². The first-order valence-corrected chi connectivity index (χ1v) is 7.49. The number of aryl methyl sites for hydroxylation is 1. The number of rotatable bonds is 2. The quantitative estimate of drug-likeness (QED) is 0.572. The maximum absolute atomic E-state index is 4.55. The average Bonchev–Trinajstić information content (AvgIpc) is 2.82. The molecule has 0 bridgehead atoms. The largest absolute Gasteiger partial charge is 1.00 e. The number of nitrogens with zero attached hydrogens (tertiary/aromatic N) is 2. The zero-order valence-corrected chi connectivity index (χ0v) is 14.1. The van der Waals surface area contributed by atoms with Crippen molar-refractivity contribution in [2.45, 2.75) is 13.3 Å². The topological polar surface area (TPSA) is 34.7 Å². The average molecular weight is 335 g/mol. The number of thiophene rings is 1. The molecule has 2 aromatic rings. The van der Waals surface area contributed by atoms with Crippen molar-refractivity contribution < 1.29 is 34.6 Å². The van der Waals surface area contributed by atoms with Crippen LogP contribution in [0.25, 0.3) is 10.2 Å². The monoisotopic (exact) mass is 334 g/mol. The fourth-order valence-electron chi connectivity index (χ4n) is 2.58. The van der Waals surface area contributed by atoms with Crippen LogP contribution < -0.4 is 34.6 Å². The summed E-state index contributed by atoms with van der Waals surface area (Å²) in [5.41, 5.74) is 0. The Bertz CT molecular complexity index is 552. The molecule has 0 atom stereocenters. The van der Waals surface area contributed by atoms with E-state index in [0.29, 0.717) is 0 Å². The second-order valence-electron chi connectivity index (χ2n) is 5.07. The van der Waals surface area contributed by atoms with E-state index in [0.717, 1.165) is 11.3 Å². The summed E-state index contributed by atoms with van der Waals surface area (Å²) in [5, 5.41) is 1.27. The van der Waals surface area contributed by atoms with Crippen LogP contribution in [0.4, 0.5) is 5.82 Å². The summed E-state index contributed by atoms with van der Waals surface area (Å²) in [6.45, 7) is 7.01. The highest BCUT2D eigenvalue weighted by Gasteiger charge is 2.25. The van der Waals surface area contributed by atoms with Crippen LogP contribution in [0.15, 0.2) is 12.4 Å². The molecule has 3 heterocycles. The number of nitrogens with one attached hydrogen (secondary N) is 2. The molecule has 1 saturated heterocycles. The Labute approximate surface area is 136 Å². The van der Waals surface area contributed by atoms with E-state index >= 15 is 0 Å². The number of aromatic nitrogens is 2. The second-order valence-corrected chi connectivity index (χ2v) is 6.18. The molecule has 2 aromatic heterocycles. The van der Waals surface area contributed by atoms with Gasteiger partial charge in [0, 0.05) is 4.88 Å². The van der Waals surface area contributed by atoms with Crippen LogP contribution in [0.1, 0.15) is 11.8 Å². The molecular weight excluding hydrogens is 315 g/mol. The van der Waals surface area contributed by atoms with Gasteiger partial charge in [0.1, 0.15) is 37.3 Å². The van der Waals surface area contributed by atoms with Crippen LogP contribution in [-0.2, 0) is 6.42 Å². The van der Waals surface area contributed by atoms with Crippen LogP contribution in [0.3, 0.4) is 0 Å². The third-order valence-electron chi connectivity index (χ3n) is 3.77. The summed E-state index contributed by atoms with van der Waals surface area (Å²) >= 11 is 1.81. The lowest BCUT2D eigenvalue weighted by Gasteiger charge is -2.26. The number of piperazine rings is 1. The van der Waals surface area contributed by atoms with E-state index in [1.807, 2.05) is 0 Å². The third kappa shape index (κ3) is 3.40. The van der Waals surface area contributed by atoms with Gasteiger partial charge in [-0.1, -0.05) is 6.92 Å². The molecule has 0 spiro atoms. The summed E-state index contributed by atoms with van der Waals surface area (Å²) < 4.78 is 0. The van der Waals surface area contributed by atoms with Gasteiger partial charge in [0.05, 0.1) is 12.4 Å². The molecule has 0 aliphatic carbocycles. The zero-order valence-electron chi connectivity index (χ0n) is 11.7. The smallest absolute Gasteiger partial charge is 0.238 e. The maximum Gasteiger partial charge on any atom is 0.238 e. The van der Waals surface area contributed by atoms with Crippen molar-refractivity contribution in [2.24, 2.45) is 0 Å². The fraction of sp³-hybridized carbons (Fsp3) is 0.538. The fourth-order valence-corrected chi connectivity index (χ4v) is 3.51. The van der Waals surface area contributed by atoms with E-state index in [-0.39, 0.29) is 24.8 Å². The molecule has 3 rings (SSSR count). The van der Waals surface area contributed by atoms with Crippen LogP contribution in [0.2, 0.25) is 0 Å². The minimum atomic E-state index is 0. The highest BCUT2D eigenvalue weighted by molar-refractivity contribution is 7.18. The van der Waals surface area contributed by atoms with E-state index in [4.69, 9.17) is 0 Å². The predicted molar refractivity (Wildman–Crippen MR) is 73.8 cm³/mol. The molecule has 1 aliphatic rings. The molecule has 4 nitrogen and oxygen atoms in total. The highest BCUT2D eigenvalue weighted by atomic mass is 35.5. The summed E-state index contributed by atoms with van der Waals surface area (Å²) in [7, 11) is 2.27. The van der Waals surface area contributed by atoms with Crippen molar-refractivity contribution in [1.29, 1.82) is 0 Å². The zero-order chi connectivity index (χ0) is 12.5. The molecular formula is C13H20Cl2N4S. The van der Waals surface area contributed by atoms with Crippen LogP contribution >= 0.6 is 11.3 Å². The maximum atomic E-state index is 4.55. The van der Waals surface area contributed by atoms with Crippen molar-refractivity contribution in [2.75, 3.05) is 33.2 Å². The standard InChI is InChI=1S/C13H18N4S.2ClH/c1-3-10-8-11-12(14-9-15-13(11)18-10)17-6-4-16(2)5-7-17;;/h8-9H,3-7H2,1-2H3;2*1H. The summed E-state index contributed by atoms with van der Waals surface area (Å²) in [4.78, 5) is 14.7. The molecule has 20 heavy (non-hydrogen) atoms. The molecule has 0 unspecified atom stereocenters. The Kier molecular flexibility index (Phi) is 6.61. The van der Waals surface area contributed by atoms with E-state index in [9.17, 15) is 0 Å². The molecule has 1 fully saturated rings. The Balaban J connectivity index is 0.000001000. The van der Waals surface area contributed by atoms with Gasteiger partial charge < -0.3 is 29.7 Å². The van der Waals surface area contributed by atoms with Gasteiger partial charge in [-0.25, -0.2) is 4.98 Å². The van der Waals surface area contributed by atoms with Crippen molar-refractivity contribution in [1.82, 2.24) is 9.97 Å². The van der Waals surface area contributed by atoms with Gasteiger partial charge in [-0.15, -0.1) is 11.3 Å². The normalized spacial score (nSPS) is 22.1. The predicted octanol–water partition coefficient (Wildman–Crippen LogP) is -6.69. The van der Waals surface area contributed by atoms with E-state index in [2.05, 4.69) is 30.0 Å². The lowest BCUT2D eigenvalue weighted by Crippen LogP contribution is -3.25. The molecule has 0 aromatic carbocycles. The third-order valence-corrected chi connectivity index (χ3v) is 4.96. The van der Waals surface area contributed by atoms with Crippen LogP contribution in [-0.4, -0.2) is 43.2 Å². The van der Waals surface area contributed by atoms with Crippen LogP contribution in [0.5, 0.6) is 0 Å². The first-order chi connectivity index (χ1) is 8.78. The van der Waals surface area contributed by atoms with Crippen molar-refractivity contribution in [3.63, 3.8) is 0 Å². The number of likely N-dealkylation sites (N-methyl/N-ethyl adjacent to an activating group) is 1. The van der Waals surface area contributed by atoms with Gasteiger partial charge >= 0.3 is 0 Å². The highest BCUT2D eigenvalue weighted by Crippen LogP contribution is 2.26. The lowest BCUT2D eigenvalue weighted by molar-refractivity contribution is -0.975. The number of quaternary nitrogens is 2. The lowest BCUT2D eigenvalue weighted by atomic mass is 10.2. The summed E-state index contributed by atoms with van der Waals surface area (Å²) in [6.07, 6.45) is 2.81. The van der Waals surface area contributed by atoms with Crippen molar-refractivity contribution >= 4 is 27.4 Å². The second kappa shape index (κ2) is 7.52. The Hall–Kier alpha value is -0.460. The number of halogens is 2. The molecule has 7 heteroatoms. The number of hydrogen-bond acceptors (Lipinski definition) is 3. The molecule has 0 saturated carbocycles. The van der Waals surface area contributed by atoms with E-state index < -0.39 is 0 Å². The minimum Gasteiger partial charge on any atom is -1.00 e. The first-order valence-electron chi connectivity index (χ1n) is 6.67. The molecule has 0 radical (unpaired) electrons. The summed E-state index contributed by atoms with van der Waals surface area (Å²) in [6, 6.07) is 2.29. The van der Waals surface area contributed by atoms with E-state index in [1.54, 1.807) is 22.6 Å². The molecule has 2 N–H and O–H groups in total. The Morgan fingerprint density at radius 2 is 1.85 bits per heavy atom. The molecule has 1 aliphatic heterocycles. The van der Waals surface area contributed by atoms with Gasteiger partial charge in [-0.05, 0) is 12.5 Å². The summed E-state index contributed by atoms with van der Waals surface area (Å²) in [5.74, 6) is 1.21. The van der Waals surface area contributed by atoms with Gasteiger partial charge in [0.15, 0.2) is 0 Å². The Morgan fingerprint density at radius 1 is 1.15 bits per heavy atom. The Morgan fingerprint density at radius 3 is 2.50 bits per heavy atom. The van der Waals surface area contributed by atoms with Crippen molar-refractivity contribution in [3.05, 3.63) is 17.3 Å². The van der Waals surface area contributed by atoms with Crippen LogP contribution in [0, 0.1) is 0 Å². The number of fused-ring (bicyclic) bond motifs is 1. The van der Waals surface area contributed by atoms with Gasteiger partial charge in [-0.3, -0.25) is 4.90 Å². The molecule has 112 valence electrons. The van der Waals surface area contributed by atoms with Gasteiger partial charge in [-0.2, -0.15) is 4.98 Å². The van der Waals surface area contributed by atoms with E-state index in [1.165, 1.54) is 47.2 Å².